The number of aryl methyl sites for hydroxylation is 2. The van der Waals surface area contributed by atoms with Gasteiger partial charge in [0.05, 0.1) is 6.20 Å². The van der Waals surface area contributed by atoms with Gasteiger partial charge in [-0.15, -0.1) is 24.0 Å². The van der Waals surface area contributed by atoms with E-state index in [-0.39, 0.29) is 35.8 Å². The van der Waals surface area contributed by atoms with E-state index in [2.05, 4.69) is 25.7 Å². The summed E-state index contributed by atoms with van der Waals surface area (Å²) in [5.41, 5.74) is 1.24. The maximum Gasteiger partial charge on any atom is 0.191 e. The van der Waals surface area contributed by atoms with Gasteiger partial charge in [-0.05, 0) is 37.0 Å². The molecule has 0 saturated carbocycles. The number of hydrogen-bond donors (Lipinski definition) is 2. The summed E-state index contributed by atoms with van der Waals surface area (Å²) >= 11 is 0. The molecular weight excluding hydrogens is 460 g/mol. The molecule has 2 aromatic heterocycles. The number of rotatable bonds is 6. The first-order valence-corrected chi connectivity index (χ1v) is 8.96. The number of hydrogen-bond acceptors (Lipinski definition) is 4. The molecule has 2 N–H and O–H groups in total. The van der Waals surface area contributed by atoms with Crippen molar-refractivity contribution in [1.82, 2.24) is 25.4 Å². The summed E-state index contributed by atoms with van der Waals surface area (Å²) in [6.45, 7) is 2.33. The first-order valence-electron chi connectivity index (χ1n) is 8.96. The summed E-state index contributed by atoms with van der Waals surface area (Å²) in [6, 6.07) is 3.29. The molecule has 27 heavy (non-hydrogen) atoms. The fraction of sp³-hybridized carbons (Fsp3) is 0.500. The van der Waals surface area contributed by atoms with Crippen molar-refractivity contribution in [2.24, 2.45) is 12.0 Å². The Hall–Kier alpha value is -1.91. The molecule has 1 aliphatic heterocycles. The maximum atomic E-state index is 13.9. The number of pyridine rings is 1. The fourth-order valence-corrected chi connectivity index (χ4v) is 3.17. The summed E-state index contributed by atoms with van der Waals surface area (Å²) in [5, 5.41) is 10.9. The highest BCUT2D eigenvalue weighted by Crippen LogP contribution is 2.20. The molecule has 1 aliphatic rings. The van der Waals surface area contributed by atoms with Crippen molar-refractivity contribution >= 4 is 35.8 Å². The number of aromatic nitrogens is 3. The van der Waals surface area contributed by atoms with Crippen molar-refractivity contribution in [2.75, 3.05) is 31.6 Å². The van der Waals surface area contributed by atoms with Crippen molar-refractivity contribution in [3.8, 4) is 0 Å². The molecule has 0 aliphatic carbocycles. The molecule has 1 saturated heterocycles. The SMILES string of the molecule is CN=C(NCCCc1cnn(C)c1)NC1CCN(c2ncccc2F)C1.I. The van der Waals surface area contributed by atoms with Crippen LogP contribution in [0.2, 0.25) is 0 Å². The minimum atomic E-state index is -0.272. The molecule has 1 atom stereocenters. The van der Waals surface area contributed by atoms with Crippen molar-refractivity contribution in [3.05, 3.63) is 42.1 Å². The first kappa shape index (κ1) is 21.4. The van der Waals surface area contributed by atoms with E-state index < -0.39 is 0 Å². The minimum absolute atomic E-state index is 0. The van der Waals surface area contributed by atoms with Gasteiger partial charge in [0.1, 0.15) is 0 Å². The maximum absolute atomic E-state index is 13.9. The Bertz CT molecular complexity index is 749. The summed E-state index contributed by atoms with van der Waals surface area (Å²) in [4.78, 5) is 10.4. The third kappa shape index (κ3) is 6.05. The van der Waals surface area contributed by atoms with Gasteiger partial charge in [0.2, 0.25) is 0 Å². The van der Waals surface area contributed by atoms with Crippen LogP contribution in [-0.2, 0) is 13.5 Å². The third-order valence-corrected chi connectivity index (χ3v) is 4.48. The lowest BCUT2D eigenvalue weighted by atomic mass is 10.2. The molecule has 2 aromatic rings. The van der Waals surface area contributed by atoms with Gasteiger partial charge in [-0.25, -0.2) is 9.37 Å². The quantitative estimate of drug-likeness (QED) is 0.282. The Morgan fingerprint density at radius 1 is 1.44 bits per heavy atom. The van der Waals surface area contributed by atoms with Crippen molar-refractivity contribution in [2.45, 2.75) is 25.3 Å². The molecule has 3 rings (SSSR count). The van der Waals surface area contributed by atoms with Crippen LogP contribution < -0.4 is 15.5 Å². The molecule has 9 heteroatoms. The molecule has 1 unspecified atom stereocenters. The van der Waals surface area contributed by atoms with Crippen LogP contribution in [-0.4, -0.2) is 53.4 Å². The Balaban J connectivity index is 0.00000261. The molecule has 7 nitrogen and oxygen atoms in total. The van der Waals surface area contributed by atoms with E-state index >= 15 is 0 Å². The van der Waals surface area contributed by atoms with Crippen LogP contribution in [0.5, 0.6) is 0 Å². The highest BCUT2D eigenvalue weighted by atomic mass is 127. The first-order chi connectivity index (χ1) is 12.7. The topological polar surface area (TPSA) is 70.4 Å². The van der Waals surface area contributed by atoms with Crippen LogP contribution in [0.4, 0.5) is 10.2 Å². The van der Waals surface area contributed by atoms with E-state index in [1.807, 2.05) is 29.0 Å². The molecular formula is C18H27FIN7. The van der Waals surface area contributed by atoms with Crippen LogP contribution >= 0.6 is 24.0 Å². The van der Waals surface area contributed by atoms with Gasteiger partial charge in [0, 0.05) is 52.2 Å². The molecule has 0 spiro atoms. The predicted molar refractivity (Wildman–Crippen MR) is 116 cm³/mol. The van der Waals surface area contributed by atoms with E-state index in [0.29, 0.717) is 12.4 Å². The molecule has 1 fully saturated rings. The molecule has 3 heterocycles. The number of aliphatic imine (C=N–C) groups is 1. The fourth-order valence-electron chi connectivity index (χ4n) is 3.17. The van der Waals surface area contributed by atoms with Gasteiger partial charge in [0.25, 0.3) is 0 Å². The van der Waals surface area contributed by atoms with E-state index in [9.17, 15) is 4.39 Å². The average molecular weight is 487 g/mol. The van der Waals surface area contributed by atoms with Crippen LogP contribution in [0.25, 0.3) is 0 Å². The van der Waals surface area contributed by atoms with Gasteiger partial charge < -0.3 is 15.5 Å². The van der Waals surface area contributed by atoms with E-state index in [4.69, 9.17) is 0 Å². The smallest absolute Gasteiger partial charge is 0.191 e. The number of nitrogens with zero attached hydrogens (tertiary/aromatic N) is 5. The number of nitrogens with one attached hydrogen (secondary N) is 2. The Morgan fingerprint density at radius 3 is 3.00 bits per heavy atom. The van der Waals surface area contributed by atoms with Crippen LogP contribution in [0.3, 0.4) is 0 Å². The summed E-state index contributed by atoms with van der Waals surface area (Å²) in [7, 11) is 3.69. The van der Waals surface area contributed by atoms with E-state index in [1.165, 1.54) is 11.6 Å². The Labute approximate surface area is 176 Å². The lowest BCUT2D eigenvalue weighted by molar-refractivity contribution is 0.612. The normalized spacial score (nSPS) is 16.9. The molecule has 0 bridgehead atoms. The van der Waals surface area contributed by atoms with Gasteiger partial charge in [0.15, 0.2) is 17.6 Å². The standard InChI is InChI=1S/C18H26FN7.HI/c1-20-18(22-9-3-5-14-11-23-25(2)12-14)24-15-7-10-26(13-15)17-16(19)6-4-8-21-17;/h4,6,8,11-12,15H,3,5,7,9-10,13H2,1-2H3,(H2,20,22,24);1H. The van der Waals surface area contributed by atoms with Crippen LogP contribution in [0, 0.1) is 5.82 Å². The van der Waals surface area contributed by atoms with Crippen molar-refractivity contribution in [3.63, 3.8) is 0 Å². The predicted octanol–water partition coefficient (Wildman–Crippen LogP) is 1.95. The van der Waals surface area contributed by atoms with Crippen LogP contribution in [0.15, 0.2) is 35.7 Å². The Kier molecular flexibility index (Phi) is 8.26. The van der Waals surface area contributed by atoms with Gasteiger partial charge >= 0.3 is 0 Å². The Morgan fingerprint density at radius 2 is 2.30 bits per heavy atom. The second-order valence-corrected chi connectivity index (χ2v) is 6.51. The van der Waals surface area contributed by atoms with Gasteiger partial charge in [-0.1, -0.05) is 0 Å². The van der Waals surface area contributed by atoms with Gasteiger partial charge in [-0.3, -0.25) is 9.67 Å². The summed E-state index contributed by atoms with van der Waals surface area (Å²) in [6.07, 6.45) is 8.47. The largest absolute Gasteiger partial charge is 0.356 e. The molecule has 0 amide bonds. The highest BCUT2D eigenvalue weighted by Gasteiger charge is 2.25. The number of guanidine groups is 1. The second kappa shape index (κ2) is 10.4. The molecule has 0 radical (unpaired) electrons. The summed E-state index contributed by atoms with van der Waals surface area (Å²) in [5.74, 6) is 0.937. The minimum Gasteiger partial charge on any atom is -0.356 e. The van der Waals surface area contributed by atoms with E-state index in [1.54, 1.807) is 19.3 Å². The zero-order valence-corrected chi connectivity index (χ0v) is 18.1. The number of anilines is 1. The lowest BCUT2D eigenvalue weighted by Crippen LogP contribution is -2.45. The van der Waals surface area contributed by atoms with Gasteiger partial charge in [-0.2, -0.15) is 5.10 Å². The van der Waals surface area contributed by atoms with Crippen LogP contribution in [0.1, 0.15) is 18.4 Å². The lowest BCUT2D eigenvalue weighted by Gasteiger charge is -2.20. The molecule has 148 valence electrons. The van der Waals surface area contributed by atoms with E-state index in [0.717, 1.165) is 38.3 Å². The average Bonchev–Trinajstić information content (AvgIpc) is 3.27. The summed E-state index contributed by atoms with van der Waals surface area (Å²) < 4.78 is 15.7. The zero-order valence-electron chi connectivity index (χ0n) is 15.7. The third-order valence-electron chi connectivity index (χ3n) is 4.48. The van der Waals surface area contributed by atoms with Crippen molar-refractivity contribution in [1.29, 1.82) is 0 Å². The highest BCUT2D eigenvalue weighted by molar-refractivity contribution is 14.0. The zero-order chi connectivity index (χ0) is 18.4. The molecule has 0 aromatic carbocycles. The monoisotopic (exact) mass is 487 g/mol. The number of halogens is 2. The van der Waals surface area contributed by atoms with Crippen molar-refractivity contribution < 1.29 is 4.39 Å². The second-order valence-electron chi connectivity index (χ2n) is 6.51.